The molecule has 0 atom stereocenters. The van der Waals surface area contributed by atoms with Crippen LogP contribution >= 0.6 is 0 Å². The van der Waals surface area contributed by atoms with Crippen molar-refractivity contribution in [1.82, 2.24) is 0 Å². The molecule has 2 N–H and O–H groups in total. The fraction of sp³-hybridized carbons (Fsp3) is 0.417. The molecule has 1 aromatic carbocycles. The molecule has 18 heavy (non-hydrogen) atoms. The number of carbonyl (C=O) groups excluding carboxylic acids is 1. The van der Waals surface area contributed by atoms with Gasteiger partial charge in [0, 0.05) is 11.9 Å². The van der Waals surface area contributed by atoms with E-state index in [0.29, 0.717) is 6.61 Å². The topological polar surface area (TPSA) is 86.5 Å². The van der Waals surface area contributed by atoms with Gasteiger partial charge < -0.3 is 10.5 Å². The van der Waals surface area contributed by atoms with Gasteiger partial charge in [-0.2, -0.15) is 0 Å². The molecule has 0 bridgehead atoms. The molecule has 0 aliphatic rings. The maximum atomic E-state index is 11.7. The molecule has 0 spiro atoms. The molecule has 0 saturated heterocycles. The zero-order valence-corrected chi connectivity index (χ0v) is 11.3. The number of nitrogen functional groups attached to an aromatic ring is 1. The molecule has 0 saturated carbocycles. The van der Waals surface area contributed by atoms with Crippen molar-refractivity contribution in [3.05, 3.63) is 23.8 Å². The minimum Gasteiger partial charge on any atom is -0.462 e. The summed E-state index contributed by atoms with van der Waals surface area (Å²) in [5.41, 5.74) is 5.96. The number of hydrogen-bond donors (Lipinski definition) is 1. The molecule has 100 valence electrons. The Hall–Kier alpha value is -1.56. The molecule has 0 radical (unpaired) electrons. The number of esters is 1. The van der Waals surface area contributed by atoms with Gasteiger partial charge in [0.2, 0.25) is 0 Å². The van der Waals surface area contributed by atoms with Gasteiger partial charge in [0.25, 0.3) is 0 Å². The highest BCUT2D eigenvalue weighted by molar-refractivity contribution is 7.90. The summed E-state index contributed by atoms with van der Waals surface area (Å²) < 4.78 is 27.8. The highest BCUT2D eigenvalue weighted by Gasteiger charge is 2.14. The first kappa shape index (κ1) is 14.5. The van der Waals surface area contributed by atoms with Gasteiger partial charge in [0.15, 0.2) is 9.84 Å². The SMILES string of the molecule is CCCCOC(=O)c1cc(N)cc(S(C)(=O)=O)c1. The first-order valence-corrected chi connectivity index (χ1v) is 7.51. The average Bonchev–Trinajstić information content (AvgIpc) is 2.27. The average molecular weight is 271 g/mol. The van der Waals surface area contributed by atoms with Gasteiger partial charge in [-0.1, -0.05) is 13.3 Å². The molecule has 0 aromatic heterocycles. The predicted molar refractivity (Wildman–Crippen MR) is 69.2 cm³/mol. The number of sulfone groups is 1. The van der Waals surface area contributed by atoms with E-state index in [0.717, 1.165) is 19.1 Å². The summed E-state index contributed by atoms with van der Waals surface area (Å²) in [6, 6.07) is 4.00. The van der Waals surface area contributed by atoms with Gasteiger partial charge in [0.05, 0.1) is 17.1 Å². The maximum Gasteiger partial charge on any atom is 0.338 e. The quantitative estimate of drug-likeness (QED) is 0.499. The van der Waals surface area contributed by atoms with Gasteiger partial charge in [-0.15, -0.1) is 0 Å². The third-order valence-electron chi connectivity index (χ3n) is 2.32. The van der Waals surface area contributed by atoms with Crippen molar-refractivity contribution in [2.24, 2.45) is 0 Å². The lowest BCUT2D eigenvalue weighted by atomic mass is 10.2. The fourth-order valence-corrected chi connectivity index (χ4v) is 2.04. The Bertz CT molecular complexity index is 537. The Morgan fingerprint density at radius 3 is 2.56 bits per heavy atom. The standard InChI is InChI=1S/C12H17NO4S/c1-3-4-5-17-12(14)9-6-10(13)8-11(7-9)18(2,15)16/h6-8H,3-5,13H2,1-2H3. The van der Waals surface area contributed by atoms with Crippen LogP contribution in [0.1, 0.15) is 30.1 Å². The summed E-state index contributed by atoms with van der Waals surface area (Å²) in [6.07, 6.45) is 2.75. The molecular weight excluding hydrogens is 254 g/mol. The van der Waals surface area contributed by atoms with Gasteiger partial charge in [0.1, 0.15) is 0 Å². The Morgan fingerprint density at radius 1 is 1.33 bits per heavy atom. The number of benzene rings is 1. The third kappa shape index (κ3) is 4.03. The zero-order chi connectivity index (χ0) is 13.8. The van der Waals surface area contributed by atoms with E-state index in [2.05, 4.69) is 0 Å². The van der Waals surface area contributed by atoms with E-state index in [9.17, 15) is 13.2 Å². The Balaban J connectivity index is 2.96. The molecule has 0 amide bonds. The van der Waals surface area contributed by atoms with Crippen LogP contribution in [0.25, 0.3) is 0 Å². The molecular formula is C12H17NO4S. The molecule has 0 fully saturated rings. The van der Waals surface area contributed by atoms with Crippen LogP contribution in [0, 0.1) is 0 Å². The molecule has 0 unspecified atom stereocenters. The highest BCUT2D eigenvalue weighted by Crippen LogP contribution is 2.17. The van der Waals surface area contributed by atoms with E-state index in [1.165, 1.54) is 18.2 Å². The lowest BCUT2D eigenvalue weighted by Crippen LogP contribution is -2.09. The first-order chi connectivity index (χ1) is 8.34. The summed E-state index contributed by atoms with van der Waals surface area (Å²) in [5.74, 6) is -0.555. The minimum atomic E-state index is -3.39. The van der Waals surface area contributed by atoms with Crippen molar-refractivity contribution in [2.75, 3.05) is 18.6 Å². The maximum absolute atomic E-state index is 11.7. The van der Waals surface area contributed by atoms with E-state index in [1.807, 2.05) is 6.92 Å². The van der Waals surface area contributed by atoms with Gasteiger partial charge in [-0.05, 0) is 24.6 Å². The lowest BCUT2D eigenvalue weighted by Gasteiger charge is -2.07. The Labute approximate surface area is 107 Å². The van der Waals surface area contributed by atoms with E-state index in [1.54, 1.807) is 0 Å². The van der Waals surface area contributed by atoms with Crippen molar-refractivity contribution in [3.8, 4) is 0 Å². The lowest BCUT2D eigenvalue weighted by molar-refractivity contribution is 0.0499. The first-order valence-electron chi connectivity index (χ1n) is 5.62. The van der Waals surface area contributed by atoms with Crippen LogP contribution in [0.2, 0.25) is 0 Å². The monoisotopic (exact) mass is 271 g/mol. The third-order valence-corrected chi connectivity index (χ3v) is 3.42. The van der Waals surface area contributed by atoms with E-state index >= 15 is 0 Å². The van der Waals surface area contributed by atoms with Crippen molar-refractivity contribution in [3.63, 3.8) is 0 Å². The fourth-order valence-electron chi connectivity index (χ4n) is 1.35. The zero-order valence-electron chi connectivity index (χ0n) is 10.5. The van der Waals surface area contributed by atoms with E-state index < -0.39 is 15.8 Å². The van der Waals surface area contributed by atoms with Crippen molar-refractivity contribution < 1.29 is 17.9 Å². The van der Waals surface area contributed by atoms with Crippen LogP contribution in [-0.2, 0) is 14.6 Å². The van der Waals surface area contributed by atoms with Crippen LogP contribution in [-0.4, -0.2) is 27.2 Å². The Kier molecular flexibility index (Phi) is 4.72. The van der Waals surface area contributed by atoms with E-state index in [4.69, 9.17) is 10.5 Å². The second-order valence-electron chi connectivity index (χ2n) is 4.05. The van der Waals surface area contributed by atoms with Gasteiger partial charge >= 0.3 is 5.97 Å². The summed E-state index contributed by atoms with van der Waals surface area (Å²) >= 11 is 0. The number of rotatable bonds is 5. The van der Waals surface area contributed by atoms with Crippen molar-refractivity contribution >= 4 is 21.5 Å². The molecule has 0 heterocycles. The minimum absolute atomic E-state index is 0.0185. The number of carbonyl (C=O) groups is 1. The summed E-state index contributed by atoms with van der Waals surface area (Å²) in [6.45, 7) is 2.30. The highest BCUT2D eigenvalue weighted by atomic mass is 32.2. The number of nitrogens with two attached hydrogens (primary N) is 1. The molecule has 0 aliphatic carbocycles. The summed E-state index contributed by atoms with van der Waals surface area (Å²) in [7, 11) is -3.39. The molecule has 1 rings (SSSR count). The van der Waals surface area contributed by atoms with Crippen molar-refractivity contribution in [1.29, 1.82) is 0 Å². The number of hydrogen-bond acceptors (Lipinski definition) is 5. The number of unbranched alkanes of at least 4 members (excludes halogenated alkanes) is 1. The summed E-state index contributed by atoms with van der Waals surface area (Å²) in [5, 5.41) is 0. The van der Waals surface area contributed by atoms with Crippen LogP contribution in [0.15, 0.2) is 23.1 Å². The van der Waals surface area contributed by atoms with Gasteiger partial charge in [-0.3, -0.25) is 0 Å². The molecule has 1 aromatic rings. The summed E-state index contributed by atoms with van der Waals surface area (Å²) in [4.78, 5) is 11.7. The van der Waals surface area contributed by atoms with Crippen LogP contribution in [0.4, 0.5) is 5.69 Å². The molecule has 6 heteroatoms. The predicted octanol–water partition coefficient (Wildman–Crippen LogP) is 1.63. The second kappa shape index (κ2) is 5.86. The molecule has 5 nitrogen and oxygen atoms in total. The largest absolute Gasteiger partial charge is 0.462 e. The van der Waals surface area contributed by atoms with Gasteiger partial charge in [-0.25, -0.2) is 13.2 Å². The van der Waals surface area contributed by atoms with Crippen molar-refractivity contribution in [2.45, 2.75) is 24.7 Å². The number of ether oxygens (including phenoxy) is 1. The smallest absolute Gasteiger partial charge is 0.338 e. The molecule has 0 aliphatic heterocycles. The number of anilines is 1. The second-order valence-corrected chi connectivity index (χ2v) is 6.07. The Morgan fingerprint density at radius 2 is 2.00 bits per heavy atom. The van der Waals surface area contributed by atoms with Crippen LogP contribution < -0.4 is 5.73 Å². The van der Waals surface area contributed by atoms with Crippen LogP contribution in [0.3, 0.4) is 0 Å². The van der Waals surface area contributed by atoms with Crippen LogP contribution in [0.5, 0.6) is 0 Å². The van der Waals surface area contributed by atoms with E-state index in [-0.39, 0.29) is 16.1 Å². The normalized spacial score (nSPS) is 11.2.